The number of carboxylic acids is 1. The van der Waals surface area contributed by atoms with Gasteiger partial charge in [-0.15, -0.1) is 0 Å². The van der Waals surface area contributed by atoms with Crippen LogP contribution in [-0.4, -0.2) is 154 Å². The molecule has 10 atom stereocenters. The number of hydrogen-bond donors (Lipinski definition) is 11. The van der Waals surface area contributed by atoms with Crippen LogP contribution in [0.3, 0.4) is 0 Å². The second kappa shape index (κ2) is 27.3. The van der Waals surface area contributed by atoms with E-state index in [9.17, 15) is 53.4 Å². The summed E-state index contributed by atoms with van der Waals surface area (Å²) < 4.78 is 0. The first-order chi connectivity index (χ1) is 32.1. The van der Waals surface area contributed by atoms with Crippen molar-refractivity contribution in [1.29, 1.82) is 0 Å². The summed E-state index contributed by atoms with van der Waals surface area (Å²) in [5.74, 6) is -7.36. The van der Waals surface area contributed by atoms with Crippen molar-refractivity contribution in [3.8, 4) is 0 Å². The summed E-state index contributed by atoms with van der Waals surface area (Å²) >= 11 is 0. The van der Waals surface area contributed by atoms with E-state index < -0.39 is 114 Å². The van der Waals surface area contributed by atoms with Crippen molar-refractivity contribution in [1.82, 2.24) is 47.2 Å². The Kier molecular flexibility index (Phi) is 22.8. The molecule has 0 spiro atoms. The summed E-state index contributed by atoms with van der Waals surface area (Å²) in [5.41, 5.74) is 12.3. The molecule has 2 heterocycles. The number of fused-ring (bicyclic) bond motifs is 1. The number of carbonyl (C=O) groups is 9. The number of carbonyl (C=O) groups excluding carboxylic acids is 8. The molecule has 22 heteroatoms. The summed E-state index contributed by atoms with van der Waals surface area (Å²) in [6.45, 7) is 12.1. The van der Waals surface area contributed by atoms with E-state index in [0.717, 1.165) is 0 Å². The largest absolute Gasteiger partial charge is 0.480 e. The van der Waals surface area contributed by atoms with E-state index in [1.165, 1.54) is 11.9 Å². The molecule has 1 aromatic rings. The Bertz CT molecular complexity index is 1900. The predicted octanol–water partition coefficient (Wildman–Crippen LogP) is -1.85. The lowest BCUT2D eigenvalue weighted by Crippen LogP contribution is -2.60. The highest BCUT2D eigenvalue weighted by atomic mass is 16.4. The Morgan fingerprint density at radius 1 is 0.735 bits per heavy atom. The number of carboxylic acid groups (broad SMARTS) is 1. The molecular weight excluding hydrogens is 883 g/mol. The molecule has 3 rings (SSSR count). The minimum absolute atomic E-state index is 0.0156. The van der Waals surface area contributed by atoms with Crippen molar-refractivity contribution in [3.05, 3.63) is 35.9 Å². The van der Waals surface area contributed by atoms with Gasteiger partial charge in [-0.1, -0.05) is 84.7 Å². The number of nitrogens with one attached hydrogen (secondary N) is 7. The van der Waals surface area contributed by atoms with Crippen LogP contribution >= 0.6 is 0 Å². The van der Waals surface area contributed by atoms with Gasteiger partial charge in [0.05, 0.1) is 12.6 Å². The first-order valence-electron chi connectivity index (χ1n) is 23.7. The number of benzene rings is 1. The molecule has 2 fully saturated rings. The molecule has 0 aromatic heterocycles. The third-order valence-electron chi connectivity index (χ3n) is 12.0. The number of hydrogen-bond acceptors (Lipinski definition) is 13. The summed E-state index contributed by atoms with van der Waals surface area (Å²) in [5, 5.41) is 41.0. The van der Waals surface area contributed by atoms with E-state index in [4.69, 9.17) is 11.5 Å². The predicted molar refractivity (Wildman–Crippen MR) is 250 cm³/mol. The van der Waals surface area contributed by atoms with Crippen LogP contribution in [0.4, 0.5) is 0 Å². The lowest BCUT2D eigenvalue weighted by molar-refractivity contribution is -0.146. The minimum Gasteiger partial charge on any atom is -0.480 e. The minimum atomic E-state index is -1.56. The molecule has 4 unspecified atom stereocenters. The first-order valence-corrected chi connectivity index (χ1v) is 23.7. The fourth-order valence-electron chi connectivity index (χ4n) is 7.97. The topological polar surface area (TPSA) is 337 Å². The average molecular weight is 958 g/mol. The van der Waals surface area contributed by atoms with Gasteiger partial charge in [0.25, 0.3) is 5.91 Å². The van der Waals surface area contributed by atoms with E-state index in [0.29, 0.717) is 37.8 Å². The van der Waals surface area contributed by atoms with Crippen molar-refractivity contribution < 1.29 is 53.4 Å². The number of nitrogens with two attached hydrogens (primary N) is 2. The molecule has 2 saturated heterocycles. The van der Waals surface area contributed by atoms with Crippen molar-refractivity contribution in [2.75, 3.05) is 26.2 Å². The van der Waals surface area contributed by atoms with Crippen LogP contribution in [-0.2, 0) is 49.6 Å². The van der Waals surface area contributed by atoms with Crippen LogP contribution < -0.4 is 48.7 Å². The number of aliphatic hydroxyl groups excluding tert-OH is 1. The SMILES string of the molecule is CCC(C)[C@H](NC(=O)[C@@H](N)CCCCN)C(=O)NC1CN2CCC(C(=O)N[C@@H](CO)C(=O)NC(CC(C)C)C(=O)N[C@@H](C)C(=O)N[C@@H](Cc3ccccc3)C(=O)N[C@@H](CC(C)C)C(=O)O)N2C1=O. The molecule has 0 radical (unpaired) electrons. The number of rotatable bonds is 28. The highest BCUT2D eigenvalue weighted by Gasteiger charge is 2.50. The molecule has 1 aromatic carbocycles. The molecule has 0 saturated carbocycles. The van der Waals surface area contributed by atoms with Gasteiger partial charge in [-0.3, -0.25) is 43.4 Å². The summed E-state index contributed by atoms with van der Waals surface area (Å²) in [4.78, 5) is 120. The zero-order valence-electron chi connectivity index (χ0n) is 40.4. The number of hydrazine groups is 1. The van der Waals surface area contributed by atoms with E-state index in [1.54, 1.807) is 56.1 Å². The van der Waals surface area contributed by atoms with Crippen molar-refractivity contribution in [2.45, 2.75) is 154 Å². The van der Waals surface area contributed by atoms with Gasteiger partial charge >= 0.3 is 5.97 Å². The molecule has 0 bridgehead atoms. The summed E-state index contributed by atoms with van der Waals surface area (Å²) in [6, 6.07) is -1.70. The van der Waals surface area contributed by atoms with E-state index in [1.807, 2.05) is 20.8 Å². The Morgan fingerprint density at radius 3 is 1.91 bits per heavy atom. The van der Waals surface area contributed by atoms with Gasteiger partial charge in [0.15, 0.2) is 0 Å². The van der Waals surface area contributed by atoms with Gasteiger partial charge in [0.2, 0.25) is 41.4 Å². The first kappa shape index (κ1) is 56.6. The molecule has 22 nitrogen and oxygen atoms in total. The molecule has 0 aliphatic carbocycles. The van der Waals surface area contributed by atoms with E-state index in [2.05, 4.69) is 37.2 Å². The molecule has 13 N–H and O–H groups in total. The van der Waals surface area contributed by atoms with Gasteiger partial charge in [0, 0.05) is 19.5 Å². The molecule has 380 valence electrons. The van der Waals surface area contributed by atoms with Crippen LogP contribution in [0.15, 0.2) is 30.3 Å². The van der Waals surface area contributed by atoms with Crippen LogP contribution in [0.25, 0.3) is 0 Å². The summed E-state index contributed by atoms with van der Waals surface area (Å²) in [6.07, 6.45) is 2.69. The lowest BCUT2D eigenvalue weighted by Gasteiger charge is -2.28. The van der Waals surface area contributed by atoms with Crippen LogP contribution in [0.1, 0.15) is 99.0 Å². The maximum Gasteiger partial charge on any atom is 0.326 e. The second-order valence-corrected chi connectivity index (χ2v) is 18.7. The van der Waals surface area contributed by atoms with Crippen molar-refractivity contribution in [3.63, 3.8) is 0 Å². The molecule has 2 aliphatic heterocycles. The number of aliphatic hydroxyl groups is 1. The fourth-order valence-corrected chi connectivity index (χ4v) is 7.97. The second-order valence-electron chi connectivity index (χ2n) is 18.7. The highest BCUT2D eigenvalue weighted by Crippen LogP contribution is 2.26. The number of amides is 8. The smallest absolute Gasteiger partial charge is 0.326 e. The quantitative estimate of drug-likeness (QED) is 0.0411. The molecule has 8 amide bonds. The lowest BCUT2D eigenvalue weighted by atomic mass is 9.97. The number of unbranched alkanes of at least 4 members (excludes halogenated alkanes) is 1. The van der Waals surface area contributed by atoms with Gasteiger partial charge < -0.3 is 58.9 Å². The van der Waals surface area contributed by atoms with Crippen LogP contribution in [0.5, 0.6) is 0 Å². The molecular formula is C46H75N11O11. The van der Waals surface area contributed by atoms with Crippen molar-refractivity contribution >= 4 is 53.2 Å². The highest BCUT2D eigenvalue weighted by molar-refractivity contribution is 5.98. The van der Waals surface area contributed by atoms with Gasteiger partial charge in [0.1, 0.15) is 48.3 Å². The maximum absolute atomic E-state index is 13.7. The fraction of sp³-hybridized carbons (Fsp3) is 0.674. The van der Waals surface area contributed by atoms with Gasteiger partial charge in [-0.2, -0.15) is 0 Å². The van der Waals surface area contributed by atoms with Crippen LogP contribution in [0.2, 0.25) is 0 Å². The zero-order valence-corrected chi connectivity index (χ0v) is 40.4. The molecule has 68 heavy (non-hydrogen) atoms. The standard InChI is InChI=1S/C46H75N11O11/c1-8-27(6)37(55-39(60)30(48)16-12-13-18-47)44(65)53-34-23-56-19-17-36(57(56)45(34)66)43(64)54-35(24-58)42(63)51-31(20-25(2)3)40(61)49-28(7)38(59)50-32(22-29-14-10-9-11-15-29)41(62)52-33(46(67)68)21-26(4)5/h9-11,14-15,25-28,30-37,58H,8,12-13,16-24,47-48H2,1-7H3,(H,49,61)(H,50,59)(H,51,63)(H,52,62)(H,53,65)(H,54,64)(H,55,60)(H,67,68)/t27?,28-,30-,31?,32-,33-,34?,35-,36?,37-/m0/s1. The van der Waals surface area contributed by atoms with Crippen LogP contribution in [0, 0.1) is 17.8 Å². The summed E-state index contributed by atoms with van der Waals surface area (Å²) in [7, 11) is 0. The van der Waals surface area contributed by atoms with E-state index in [-0.39, 0.29) is 56.5 Å². The zero-order chi connectivity index (χ0) is 50.8. The Hall–Kier alpha value is -5.71. The molecule has 2 aliphatic rings. The normalized spacial score (nSPS) is 19.4. The Balaban J connectivity index is 1.66. The Labute approximate surface area is 398 Å². The third kappa shape index (κ3) is 16.8. The Morgan fingerprint density at radius 2 is 1.32 bits per heavy atom. The third-order valence-corrected chi connectivity index (χ3v) is 12.0. The van der Waals surface area contributed by atoms with Gasteiger partial charge in [-0.05, 0) is 68.9 Å². The maximum atomic E-state index is 13.7. The van der Waals surface area contributed by atoms with Crippen molar-refractivity contribution in [2.24, 2.45) is 29.2 Å². The number of aliphatic carboxylic acids is 1. The monoisotopic (exact) mass is 958 g/mol. The van der Waals surface area contributed by atoms with Gasteiger partial charge in [-0.25, -0.2) is 9.80 Å². The van der Waals surface area contributed by atoms with E-state index >= 15 is 0 Å². The average Bonchev–Trinajstić information content (AvgIpc) is 3.84. The number of nitrogens with zero attached hydrogens (tertiary/aromatic N) is 2.